The number of unbranched alkanes of at least 4 members (excludes halogenated alkanes) is 1. The van der Waals surface area contributed by atoms with Crippen LogP contribution in [0.2, 0.25) is 19.6 Å². The molecule has 96 valence electrons. The van der Waals surface area contributed by atoms with Crippen molar-refractivity contribution in [3.05, 3.63) is 10.2 Å². The van der Waals surface area contributed by atoms with E-state index in [1.165, 1.54) is 25.7 Å². The van der Waals surface area contributed by atoms with Gasteiger partial charge in [-0.15, -0.1) is 0 Å². The summed E-state index contributed by atoms with van der Waals surface area (Å²) >= 11 is 2.30. The Balaban J connectivity index is 4.46. The van der Waals surface area contributed by atoms with Crippen molar-refractivity contribution in [3.8, 4) is 0 Å². The first kappa shape index (κ1) is 16.6. The molecule has 0 bridgehead atoms. The van der Waals surface area contributed by atoms with Crippen LogP contribution in [0.4, 0.5) is 0 Å². The van der Waals surface area contributed by atoms with Crippen LogP contribution in [-0.4, -0.2) is 14.4 Å². The van der Waals surface area contributed by atoms with Crippen molar-refractivity contribution in [1.82, 2.24) is 0 Å². The molecule has 0 aliphatic heterocycles. The molecule has 0 aliphatic rings. The second kappa shape index (κ2) is 8.70. The van der Waals surface area contributed by atoms with Crippen LogP contribution in [0, 0.1) is 5.92 Å². The van der Waals surface area contributed by atoms with Gasteiger partial charge in [-0.3, -0.25) is 0 Å². The minimum atomic E-state index is -1.43. The average Bonchev–Trinajstić information content (AvgIpc) is 2.17. The quantitative estimate of drug-likeness (QED) is 0.420. The van der Waals surface area contributed by atoms with Crippen LogP contribution in [0.15, 0.2) is 10.2 Å². The van der Waals surface area contributed by atoms with Gasteiger partial charge in [0, 0.05) is 0 Å². The Labute approximate surface area is 116 Å². The highest BCUT2D eigenvalue weighted by atomic mass is 127. The molecule has 1 nitrogen and oxygen atoms in total. The first-order valence-corrected chi connectivity index (χ1v) is 11.0. The van der Waals surface area contributed by atoms with Gasteiger partial charge >= 0.3 is 0 Å². The summed E-state index contributed by atoms with van der Waals surface area (Å²) in [6, 6.07) is 0. The summed E-state index contributed by atoms with van der Waals surface area (Å²) in [6.45, 7) is 11.4. The van der Waals surface area contributed by atoms with Crippen LogP contribution in [0.1, 0.15) is 39.5 Å². The van der Waals surface area contributed by atoms with Crippen molar-refractivity contribution >= 4 is 30.9 Å². The zero-order chi connectivity index (χ0) is 12.6. The van der Waals surface area contributed by atoms with E-state index in [1.54, 1.807) is 0 Å². The van der Waals surface area contributed by atoms with Crippen molar-refractivity contribution in [1.29, 1.82) is 0 Å². The third-order valence-electron chi connectivity index (χ3n) is 2.67. The highest BCUT2D eigenvalue weighted by Crippen LogP contribution is 2.24. The Morgan fingerprint density at radius 1 is 1.25 bits per heavy atom. The summed E-state index contributed by atoms with van der Waals surface area (Å²) in [5.74, 6) is 0.692. The normalized spacial score (nSPS) is 16.6. The van der Waals surface area contributed by atoms with Gasteiger partial charge in [-0.2, -0.15) is 0 Å². The second-order valence-corrected chi connectivity index (χ2v) is 10.5. The third-order valence-corrected chi connectivity index (χ3v) is 4.06. The zero-order valence-corrected chi connectivity index (χ0v) is 14.6. The van der Waals surface area contributed by atoms with Gasteiger partial charge in [0.25, 0.3) is 0 Å². The third kappa shape index (κ3) is 7.85. The van der Waals surface area contributed by atoms with Crippen molar-refractivity contribution in [2.24, 2.45) is 5.92 Å². The van der Waals surface area contributed by atoms with E-state index in [-0.39, 0.29) is 0 Å². The maximum Gasteiger partial charge on any atom is 0.184 e. The van der Waals surface area contributed by atoms with Gasteiger partial charge in [-0.05, 0) is 36.1 Å². The van der Waals surface area contributed by atoms with E-state index in [9.17, 15) is 0 Å². The molecule has 3 heteroatoms. The molecule has 0 saturated heterocycles. The maximum atomic E-state index is 6.28. The molecule has 16 heavy (non-hydrogen) atoms. The lowest BCUT2D eigenvalue weighted by atomic mass is 9.93. The summed E-state index contributed by atoms with van der Waals surface area (Å²) < 4.78 is 8.38. The standard InChI is InChI=1S/C13H27IOSi/c1-6-8-9-12(7-2)13(10-11-14)15-16(3,4)5/h10-13H,6-9H2,1-5H3/b11-10+/t12-,13+/m1/s1. The van der Waals surface area contributed by atoms with Crippen molar-refractivity contribution in [3.63, 3.8) is 0 Å². The summed E-state index contributed by atoms with van der Waals surface area (Å²) in [6.07, 6.45) is 7.69. The van der Waals surface area contributed by atoms with Gasteiger partial charge in [0.15, 0.2) is 8.32 Å². The van der Waals surface area contributed by atoms with Gasteiger partial charge in [0.1, 0.15) is 0 Å². The molecule has 0 N–H and O–H groups in total. The van der Waals surface area contributed by atoms with E-state index in [2.05, 4.69) is 66.2 Å². The molecule has 0 aliphatic carbocycles. The first-order valence-electron chi connectivity index (χ1n) is 6.39. The monoisotopic (exact) mass is 354 g/mol. The maximum absolute atomic E-state index is 6.28. The lowest BCUT2D eigenvalue weighted by molar-refractivity contribution is 0.159. The molecular formula is C13H27IOSi. The van der Waals surface area contributed by atoms with Crippen LogP contribution in [-0.2, 0) is 4.43 Å². The van der Waals surface area contributed by atoms with E-state index >= 15 is 0 Å². The Morgan fingerprint density at radius 3 is 2.25 bits per heavy atom. The molecule has 0 aromatic heterocycles. The van der Waals surface area contributed by atoms with E-state index in [0.29, 0.717) is 12.0 Å². The molecule has 0 aromatic rings. The highest BCUT2D eigenvalue weighted by Gasteiger charge is 2.24. The molecule has 2 atom stereocenters. The Bertz CT molecular complexity index is 199. The SMILES string of the molecule is CCCC[C@@H](CC)[C@H](/C=C/I)O[Si](C)(C)C. The molecule has 0 saturated carbocycles. The molecule has 0 rings (SSSR count). The predicted molar refractivity (Wildman–Crippen MR) is 84.7 cm³/mol. The van der Waals surface area contributed by atoms with Crippen LogP contribution in [0.25, 0.3) is 0 Å². The molecule has 0 heterocycles. The zero-order valence-electron chi connectivity index (χ0n) is 11.4. The van der Waals surface area contributed by atoms with E-state index in [0.717, 1.165) is 0 Å². The van der Waals surface area contributed by atoms with E-state index < -0.39 is 8.32 Å². The summed E-state index contributed by atoms with van der Waals surface area (Å²) in [5, 5.41) is 0. The average molecular weight is 354 g/mol. The minimum absolute atomic E-state index is 0.333. The Hall–Kier alpha value is 0.647. The summed E-state index contributed by atoms with van der Waals surface area (Å²) in [7, 11) is -1.43. The van der Waals surface area contributed by atoms with Gasteiger partial charge in [0.05, 0.1) is 6.10 Å². The predicted octanol–water partition coefficient (Wildman–Crippen LogP) is 5.37. The molecule has 0 radical (unpaired) electrons. The lowest BCUT2D eigenvalue weighted by Gasteiger charge is -2.30. The first-order chi connectivity index (χ1) is 7.44. The van der Waals surface area contributed by atoms with Gasteiger partial charge in [0.2, 0.25) is 0 Å². The number of rotatable bonds is 8. The Morgan fingerprint density at radius 2 is 1.88 bits per heavy atom. The lowest BCUT2D eigenvalue weighted by Crippen LogP contribution is -2.35. The smallest absolute Gasteiger partial charge is 0.184 e. The molecular weight excluding hydrogens is 327 g/mol. The summed E-state index contributed by atoms with van der Waals surface area (Å²) in [5.41, 5.74) is 0. The topological polar surface area (TPSA) is 9.23 Å². The van der Waals surface area contributed by atoms with Gasteiger partial charge in [-0.25, -0.2) is 0 Å². The van der Waals surface area contributed by atoms with Gasteiger partial charge in [-0.1, -0.05) is 61.8 Å². The molecule has 0 fully saturated rings. The van der Waals surface area contributed by atoms with Crippen LogP contribution < -0.4 is 0 Å². The van der Waals surface area contributed by atoms with Crippen molar-refractivity contribution in [2.75, 3.05) is 0 Å². The molecule has 0 aromatic carbocycles. The molecule has 0 spiro atoms. The van der Waals surface area contributed by atoms with Crippen LogP contribution in [0.3, 0.4) is 0 Å². The Kier molecular flexibility index (Phi) is 9.05. The van der Waals surface area contributed by atoms with Gasteiger partial charge < -0.3 is 4.43 Å². The molecule has 0 amide bonds. The fourth-order valence-corrected chi connectivity index (χ4v) is 3.34. The van der Waals surface area contributed by atoms with Crippen LogP contribution in [0.5, 0.6) is 0 Å². The van der Waals surface area contributed by atoms with Crippen LogP contribution >= 0.6 is 22.6 Å². The fourth-order valence-electron chi connectivity index (χ4n) is 1.84. The largest absolute Gasteiger partial charge is 0.411 e. The minimum Gasteiger partial charge on any atom is -0.411 e. The number of hydrogen-bond acceptors (Lipinski definition) is 1. The fraction of sp³-hybridized carbons (Fsp3) is 0.846. The van der Waals surface area contributed by atoms with E-state index in [4.69, 9.17) is 4.43 Å². The highest BCUT2D eigenvalue weighted by molar-refractivity contribution is 14.1. The second-order valence-electron chi connectivity index (χ2n) is 5.32. The molecule has 0 unspecified atom stereocenters. The van der Waals surface area contributed by atoms with E-state index in [1.807, 2.05) is 0 Å². The summed E-state index contributed by atoms with van der Waals surface area (Å²) in [4.78, 5) is 0. The van der Waals surface area contributed by atoms with Crippen molar-refractivity contribution < 1.29 is 4.43 Å². The number of hydrogen-bond donors (Lipinski definition) is 0. The number of halogens is 1. The van der Waals surface area contributed by atoms with Crippen molar-refractivity contribution in [2.45, 2.75) is 65.3 Å².